The van der Waals surface area contributed by atoms with Crippen molar-refractivity contribution in [3.63, 3.8) is 0 Å². The van der Waals surface area contributed by atoms with Crippen LogP contribution in [0.15, 0.2) is 30.3 Å². The number of nitrogens with one attached hydrogen (secondary N) is 2. The van der Waals surface area contributed by atoms with E-state index in [-0.39, 0.29) is 0 Å². The van der Waals surface area contributed by atoms with Gasteiger partial charge in [0, 0.05) is 29.6 Å². The lowest BCUT2D eigenvalue weighted by Crippen LogP contribution is -2.51. The minimum atomic E-state index is 0.356. The van der Waals surface area contributed by atoms with E-state index in [2.05, 4.69) is 61.7 Å². The molecule has 21 heavy (non-hydrogen) atoms. The summed E-state index contributed by atoms with van der Waals surface area (Å²) in [5.74, 6) is 0.758. The van der Waals surface area contributed by atoms with Gasteiger partial charge in [0.05, 0.1) is 0 Å². The van der Waals surface area contributed by atoms with Gasteiger partial charge in [0.25, 0.3) is 0 Å². The molecule has 0 bridgehead atoms. The largest absolute Gasteiger partial charge is 0.311 e. The van der Waals surface area contributed by atoms with E-state index in [1.807, 2.05) is 0 Å². The fourth-order valence-electron chi connectivity index (χ4n) is 4.01. The van der Waals surface area contributed by atoms with E-state index in [0.29, 0.717) is 11.6 Å². The minimum absolute atomic E-state index is 0.356. The first-order valence-electron chi connectivity index (χ1n) is 8.64. The molecule has 2 N–H and O–H groups in total. The van der Waals surface area contributed by atoms with Gasteiger partial charge < -0.3 is 10.6 Å². The monoisotopic (exact) mass is 286 g/mol. The van der Waals surface area contributed by atoms with Crippen LogP contribution in [0.4, 0.5) is 0 Å². The van der Waals surface area contributed by atoms with Crippen molar-refractivity contribution in [1.29, 1.82) is 0 Å². The topological polar surface area (TPSA) is 24.1 Å². The van der Waals surface area contributed by atoms with Gasteiger partial charge in [0.2, 0.25) is 0 Å². The van der Waals surface area contributed by atoms with Crippen LogP contribution in [0, 0.1) is 0 Å². The molecule has 2 heteroatoms. The Kier molecular flexibility index (Phi) is 4.37. The maximum atomic E-state index is 3.90. The van der Waals surface area contributed by atoms with E-state index in [1.165, 1.54) is 37.7 Å². The Morgan fingerprint density at radius 2 is 1.76 bits per heavy atom. The fourth-order valence-corrected chi connectivity index (χ4v) is 4.01. The highest BCUT2D eigenvalue weighted by Gasteiger charge is 2.40. The van der Waals surface area contributed by atoms with Gasteiger partial charge in [0.1, 0.15) is 0 Å². The molecule has 0 heterocycles. The predicted molar refractivity (Wildman–Crippen MR) is 89.7 cm³/mol. The second-order valence-corrected chi connectivity index (χ2v) is 7.66. The van der Waals surface area contributed by atoms with Crippen LogP contribution in [0.1, 0.15) is 64.4 Å². The van der Waals surface area contributed by atoms with Crippen molar-refractivity contribution in [2.45, 2.75) is 82.5 Å². The van der Waals surface area contributed by atoms with Crippen molar-refractivity contribution in [1.82, 2.24) is 10.6 Å². The van der Waals surface area contributed by atoms with Gasteiger partial charge in [0.15, 0.2) is 0 Å². The van der Waals surface area contributed by atoms with Crippen LogP contribution in [0.3, 0.4) is 0 Å². The molecule has 1 aromatic rings. The van der Waals surface area contributed by atoms with Crippen molar-refractivity contribution in [2.24, 2.45) is 0 Å². The number of hydrogen-bond donors (Lipinski definition) is 2. The molecule has 0 amide bonds. The predicted octanol–water partition coefficient (Wildman–Crippen LogP) is 3.83. The first kappa shape index (κ1) is 15.1. The number of rotatable bonds is 5. The molecule has 1 aromatic carbocycles. The summed E-state index contributed by atoms with van der Waals surface area (Å²) >= 11 is 0. The van der Waals surface area contributed by atoms with Crippen molar-refractivity contribution in [3.8, 4) is 0 Å². The lowest BCUT2D eigenvalue weighted by molar-refractivity contribution is 0.205. The standard InChI is InChI=1S/C19H30N2/c1-14(2)21-19(3)11-9-16(10-12-19)20-18-13-17(18)15-7-5-4-6-8-15/h4-8,14,16-18,20-21H,9-13H2,1-3H3/t16-,17-,18+,19-/m1/s1. The zero-order valence-corrected chi connectivity index (χ0v) is 13.7. The molecular weight excluding hydrogens is 256 g/mol. The van der Waals surface area contributed by atoms with Crippen LogP contribution in [-0.4, -0.2) is 23.7 Å². The van der Waals surface area contributed by atoms with Crippen LogP contribution in [0.2, 0.25) is 0 Å². The Hall–Kier alpha value is -0.860. The first-order valence-corrected chi connectivity index (χ1v) is 8.64. The molecule has 0 aliphatic heterocycles. The van der Waals surface area contributed by atoms with Crippen LogP contribution >= 0.6 is 0 Å². The highest BCUT2D eigenvalue weighted by Crippen LogP contribution is 2.42. The molecular formula is C19H30N2. The quantitative estimate of drug-likeness (QED) is 0.859. The summed E-state index contributed by atoms with van der Waals surface area (Å²) in [6.45, 7) is 6.90. The summed E-state index contributed by atoms with van der Waals surface area (Å²) in [7, 11) is 0. The molecule has 0 unspecified atom stereocenters. The van der Waals surface area contributed by atoms with Gasteiger partial charge in [-0.15, -0.1) is 0 Å². The smallest absolute Gasteiger partial charge is 0.0156 e. The third-order valence-electron chi connectivity index (χ3n) is 5.19. The summed E-state index contributed by atoms with van der Waals surface area (Å²) in [4.78, 5) is 0. The van der Waals surface area contributed by atoms with Gasteiger partial charge >= 0.3 is 0 Å². The van der Waals surface area contributed by atoms with Crippen LogP contribution in [-0.2, 0) is 0 Å². The zero-order chi connectivity index (χ0) is 14.9. The molecule has 2 nitrogen and oxygen atoms in total. The summed E-state index contributed by atoms with van der Waals surface area (Å²) in [6.07, 6.45) is 6.54. The van der Waals surface area contributed by atoms with E-state index in [1.54, 1.807) is 0 Å². The molecule has 2 fully saturated rings. The number of hydrogen-bond acceptors (Lipinski definition) is 2. The summed E-state index contributed by atoms with van der Waals surface area (Å²) in [5.41, 5.74) is 1.87. The Morgan fingerprint density at radius 1 is 1.10 bits per heavy atom. The normalized spacial score (nSPS) is 35.9. The third kappa shape index (κ3) is 3.87. The zero-order valence-electron chi connectivity index (χ0n) is 13.7. The molecule has 2 saturated carbocycles. The van der Waals surface area contributed by atoms with Gasteiger partial charge in [-0.2, -0.15) is 0 Å². The maximum absolute atomic E-state index is 3.90. The highest BCUT2D eigenvalue weighted by molar-refractivity contribution is 5.27. The molecule has 0 radical (unpaired) electrons. The molecule has 2 atom stereocenters. The molecule has 3 rings (SSSR count). The van der Waals surface area contributed by atoms with Crippen molar-refractivity contribution in [3.05, 3.63) is 35.9 Å². The second-order valence-electron chi connectivity index (χ2n) is 7.66. The van der Waals surface area contributed by atoms with E-state index in [4.69, 9.17) is 0 Å². The van der Waals surface area contributed by atoms with Crippen molar-refractivity contribution >= 4 is 0 Å². The van der Waals surface area contributed by atoms with Crippen LogP contribution < -0.4 is 10.6 Å². The average molecular weight is 286 g/mol. The van der Waals surface area contributed by atoms with E-state index < -0.39 is 0 Å². The Labute approximate surface area is 129 Å². The third-order valence-corrected chi connectivity index (χ3v) is 5.19. The molecule has 0 aromatic heterocycles. The Balaban J connectivity index is 1.45. The highest BCUT2D eigenvalue weighted by atomic mass is 15.0. The lowest BCUT2D eigenvalue weighted by Gasteiger charge is -2.40. The number of benzene rings is 1. The maximum Gasteiger partial charge on any atom is 0.0156 e. The minimum Gasteiger partial charge on any atom is -0.311 e. The van der Waals surface area contributed by atoms with Crippen LogP contribution in [0.25, 0.3) is 0 Å². The summed E-state index contributed by atoms with van der Waals surface area (Å²) in [5, 5.41) is 7.66. The SMILES string of the molecule is CC(C)N[C@]1(C)CC[C@@H](N[C@H]2C[C@@H]2c2ccccc2)CC1. The van der Waals surface area contributed by atoms with Crippen molar-refractivity contribution < 1.29 is 0 Å². The average Bonchev–Trinajstić information content (AvgIpc) is 3.21. The molecule has 2 aliphatic rings. The second kappa shape index (κ2) is 6.10. The Morgan fingerprint density at radius 3 is 2.38 bits per heavy atom. The first-order chi connectivity index (χ1) is 10.1. The summed E-state index contributed by atoms with van der Waals surface area (Å²) < 4.78 is 0. The van der Waals surface area contributed by atoms with E-state index in [0.717, 1.165) is 18.0 Å². The molecule has 2 aliphatic carbocycles. The molecule has 0 spiro atoms. The molecule has 0 saturated heterocycles. The fraction of sp³-hybridized carbons (Fsp3) is 0.684. The van der Waals surface area contributed by atoms with Gasteiger partial charge in [-0.1, -0.05) is 44.2 Å². The van der Waals surface area contributed by atoms with Gasteiger partial charge in [-0.05, 0) is 44.6 Å². The van der Waals surface area contributed by atoms with Crippen LogP contribution in [0.5, 0.6) is 0 Å². The van der Waals surface area contributed by atoms with Gasteiger partial charge in [-0.3, -0.25) is 0 Å². The van der Waals surface area contributed by atoms with Gasteiger partial charge in [-0.25, -0.2) is 0 Å². The lowest BCUT2D eigenvalue weighted by atomic mass is 9.80. The van der Waals surface area contributed by atoms with E-state index in [9.17, 15) is 0 Å². The van der Waals surface area contributed by atoms with Crippen molar-refractivity contribution in [2.75, 3.05) is 0 Å². The Bertz CT molecular complexity index is 446. The van der Waals surface area contributed by atoms with E-state index >= 15 is 0 Å². The summed E-state index contributed by atoms with van der Waals surface area (Å²) in [6, 6.07) is 13.0. The molecule has 116 valence electrons.